The number of hydrogen-bond acceptors (Lipinski definition) is 2. The molecule has 1 aliphatic carbocycles. The molecule has 1 aliphatic rings. The minimum atomic E-state index is -1.20. The van der Waals surface area contributed by atoms with Crippen LogP contribution < -0.4 is 0 Å². The zero-order valence-electron chi connectivity index (χ0n) is 11.3. The molecule has 0 bridgehead atoms. The molecular weight excluding hydrogens is 270 g/mol. The monoisotopic (exact) mass is 296 g/mol. The molecule has 2 atom stereocenters. The van der Waals surface area contributed by atoms with Crippen LogP contribution in [0, 0.1) is 11.8 Å². The van der Waals surface area contributed by atoms with Crippen molar-refractivity contribution in [1.29, 1.82) is 0 Å². The Morgan fingerprint density at radius 1 is 1.06 bits per heavy atom. The molecule has 1 rings (SSSR count). The molecule has 0 heterocycles. The molecule has 0 aromatic rings. The minimum Gasteiger partial charge on any atom is -0.481 e. The SMILES string of the molecule is CCP.CCP.O=C(O)C(C(=O)O)C1CCCC1. The lowest BCUT2D eigenvalue weighted by molar-refractivity contribution is -0.157. The van der Waals surface area contributed by atoms with Gasteiger partial charge in [0.1, 0.15) is 0 Å². The summed E-state index contributed by atoms with van der Waals surface area (Å²) in [4.78, 5) is 21.1. The molecule has 4 nitrogen and oxygen atoms in total. The van der Waals surface area contributed by atoms with Crippen LogP contribution in [0.1, 0.15) is 39.5 Å². The van der Waals surface area contributed by atoms with E-state index in [9.17, 15) is 9.59 Å². The van der Waals surface area contributed by atoms with Gasteiger partial charge in [0.2, 0.25) is 0 Å². The standard InChI is InChI=1S/C8H12O4.2C2H7P/c9-7(10)6(8(11)12)5-3-1-2-4-5;2*1-2-3/h5-6H,1-4H2,(H,9,10)(H,11,12);2*2-3H2,1H3. The molecule has 0 saturated heterocycles. The summed E-state index contributed by atoms with van der Waals surface area (Å²) in [5, 5.41) is 17.2. The lowest BCUT2D eigenvalue weighted by Gasteiger charge is -2.13. The summed E-state index contributed by atoms with van der Waals surface area (Å²) < 4.78 is 0. The molecule has 0 aromatic carbocycles. The van der Waals surface area contributed by atoms with Crippen molar-refractivity contribution in [3.8, 4) is 0 Å². The summed E-state index contributed by atoms with van der Waals surface area (Å²) in [6, 6.07) is 0. The van der Waals surface area contributed by atoms with E-state index in [0.29, 0.717) is 0 Å². The molecule has 0 aromatic heterocycles. The summed E-state index contributed by atoms with van der Waals surface area (Å²) in [5.74, 6) is -3.74. The van der Waals surface area contributed by atoms with Gasteiger partial charge in [-0.15, -0.1) is 18.5 Å². The Balaban J connectivity index is 0. The van der Waals surface area contributed by atoms with Crippen LogP contribution in [0.15, 0.2) is 0 Å². The van der Waals surface area contributed by atoms with Gasteiger partial charge in [0, 0.05) is 0 Å². The second-order valence-electron chi connectivity index (χ2n) is 4.02. The highest BCUT2D eigenvalue weighted by Gasteiger charge is 2.36. The fourth-order valence-electron chi connectivity index (χ4n) is 1.80. The Bertz CT molecular complexity index is 212. The number of carboxylic acids is 2. The van der Waals surface area contributed by atoms with Gasteiger partial charge >= 0.3 is 11.9 Å². The Kier molecular flexibility index (Phi) is 14.8. The first-order chi connectivity index (χ1) is 8.45. The molecule has 0 spiro atoms. The molecule has 6 heteroatoms. The van der Waals surface area contributed by atoms with Crippen LogP contribution in [0.3, 0.4) is 0 Å². The molecule has 2 N–H and O–H groups in total. The van der Waals surface area contributed by atoms with E-state index in [1.807, 2.05) is 0 Å². The maximum Gasteiger partial charge on any atom is 0.318 e. The van der Waals surface area contributed by atoms with Gasteiger partial charge in [0.05, 0.1) is 0 Å². The van der Waals surface area contributed by atoms with E-state index in [1.165, 1.54) is 12.3 Å². The number of carboxylic acid groups (broad SMARTS) is 2. The van der Waals surface area contributed by atoms with Crippen LogP contribution in [-0.4, -0.2) is 34.5 Å². The average molecular weight is 296 g/mol. The third-order valence-electron chi connectivity index (χ3n) is 2.40. The topological polar surface area (TPSA) is 74.6 Å². The Morgan fingerprint density at radius 2 is 1.33 bits per heavy atom. The van der Waals surface area contributed by atoms with Crippen molar-refractivity contribution in [2.75, 3.05) is 12.3 Å². The summed E-state index contributed by atoms with van der Waals surface area (Å²) >= 11 is 0. The Labute approximate surface area is 114 Å². The molecule has 1 saturated carbocycles. The summed E-state index contributed by atoms with van der Waals surface area (Å²) in [6.07, 6.45) is 5.73. The van der Waals surface area contributed by atoms with Crippen molar-refractivity contribution >= 4 is 30.4 Å². The van der Waals surface area contributed by atoms with Crippen molar-refractivity contribution in [2.24, 2.45) is 11.8 Å². The molecule has 0 radical (unpaired) electrons. The van der Waals surface area contributed by atoms with Crippen molar-refractivity contribution in [1.82, 2.24) is 0 Å². The molecule has 0 amide bonds. The van der Waals surface area contributed by atoms with Gasteiger partial charge in [-0.1, -0.05) is 26.7 Å². The third kappa shape index (κ3) is 9.79. The number of rotatable bonds is 3. The van der Waals surface area contributed by atoms with E-state index < -0.39 is 17.9 Å². The van der Waals surface area contributed by atoms with Gasteiger partial charge in [0.25, 0.3) is 0 Å². The van der Waals surface area contributed by atoms with Gasteiger partial charge in [-0.05, 0) is 31.1 Å². The molecular formula is C12H26O4P2. The van der Waals surface area contributed by atoms with Gasteiger partial charge < -0.3 is 10.2 Å². The molecule has 18 heavy (non-hydrogen) atoms. The minimum absolute atomic E-state index is 0.153. The van der Waals surface area contributed by atoms with Crippen molar-refractivity contribution in [3.63, 3.8) is 0 Å². The lowest BCUT2D eigenvalue weighted by Crippen LogP contribution is -2.29. The number of carbonyl (C=O) groups is 2. The predicted molar refractivity (Wildman–Crippen MR) is 81.2 cm³/mol. The van der Waals surface area contributed by atoms with Gasteiger partial charge in [-0.25, -0.2) is 0 Å². The van der Waals surface area contributed by atoms with E-state index in [0.717, 1.165) is 25.7 Å². The smallest absolute Gasteiger partial charge is 0.318 e. The zero-order chi connectivity index (χ0) is 14.6. The van der Waals surface area contributed by atoms with Crippen LogP contribution >= 0.6 is 18.5 Å². The maximum absolute atomic E-state index is 10.5. The van der Waals surface area contributed by atoms with Crippen LogP contribution in [0.5, 0.6) is 0 Å². The van der Waals surface area contributed by atoms with E-state index in [2.05, 4.69) is 32.3 Å². The first kappa shape index (κ1) is 20.1. The molecule has 108 valence electrons. The highest BCUT2D eigenvalue weighted by atomic mass is 31.0. The van der Waals surface area contributed by atoms with Crippen LogP contribution in [0.2, 0.25) is 0 Å². The molecule has 1 fully saturated rings. The van der Waals surface area contributed by atoms with E-state index >= 15 is 0 Å². The predicted octanol–water partition coefficient (Wildman–Crippen LogP) is 2.72. The van der Waals surface area contributed by atoms with E-state index in [1.54, 1.807) is 0 Å². The summed E-state index contributed by atoms with van der Waals surface area (Å²) in [5.41, 5.74) is 0. The Morgan fingerprint density at radius 3 is 1.56 bits per heavy atom. The maximum atomic E-state index is 10.5. The fraction of sp³-hybridized carbons (Fsp3) is 0.833. The third-order valence-corrected chi connectivity index (χ3v) is 2.40. The molecule has 0 aliphatic heterocycles. The van der Waals surface area contributed by atoms with Crippen LogP contribution in [-0.2, 0) is 9.59 Å². The first-order valence-corrected chi connectivity index (χ1v) is 7.95. The summed E-state index contributed by atoms with van der Waals surface area (Å²) in [7, 11) is 5.16. The zero-order valence-corrected chi connectivity index (χ0v) is 13.6. The van der Waals surface area contributed by atoms with E-state index in [4.69, 9.17) is 10.2 Å². The number of hydrogen-bond donors (Lipinski definition) is 2. The van der Waals surface area contributed by atoms with Gasteiger partial charge in [-0.3, -0.25) is 9.59 Å². The van der Waals surface area contributed by atoms with Gasteiger partial charge in [-0.2, -0.15) is 0 Å². The quantitative estimate of drug-likeness (QED) is 0.620. The van der Waals surface area contributed by atoms with Crippen LogP contribution in [0.4, 0.5) is 0 Å². The first-order valence-electron chi connectivity index (χ1n) is 6.31. The second kappa shape index (κ2) is 13.2. The second-order valence-corrected chi connectivity index (χ2v) is 5.65. The van der Waals surface area contributed by atoms with Gasteiger partial charge in [0.15, 0.2) is 5.92 Å². The molecule has 2 unspecified atom stereocenters. The normalized spacial score (nSPS) is 14.3. The number of aliphatic carboxylic acids is 2. The van der Waals surface area contributed by atoms with Crippen molar-refractivity contribution < 1.29 is 19.8 Å². The Hall–Kier alpha value is -0.200. The largest absolute Gasteiger partial charge is 0.481 e. The van der Waals surface area contributed by atoms with Crippen molar-refractivity contribution in [3.05, 3.63) is 0 Å². The van der Waals surface area contributed by atoms with Crippen molar-refractivity contribution in [2.45, 2.75) is 39.5 Å². The lowest BCUT2D eigenvalue weighted by atomic mass is 9.91. The van der Waals surface area contributed by atoms with Crippen LogP contribution in [0.25, 0.3) is 0 Å². The van der Waals surface area contributed by atoms with E-state index in [-0.39, 0.29) is 5.92 Å². The fourth-order valence-corrected chi connectivity index (χ4v) is 1.80. The summed E-state index contributed by atoms with van der Waals surface area (Å²) in [6.45, 7) is 4.18. The average Bonchev–Trinajstić information content (AvgIpc) is 2.72. The highest BCUT2D eigenvalue weighted by Crippen LogP contribution is 2.31. The highest BCUT2D eigenvalue weighted by molar-refractivity contribution is 7.16.